The Kier molecular flexibility index (Phi) is 4.36. The summed E-state index contributed by atoms with van der Waals surface area (Å²) in [4.78, 5) is 0. The van der Waals surface area contributed by atoms with E-state index in [4.69, 9.17) is 15.2 Å². The lowest BCUT2D eigenvalue weighted by atomic mass is 9.82. The number of nitrogens with two attached hydrogens (primary N) is 1. The summed E-state index contributed by atoms with van der Waals surface area (Å²) in [7, 11) is 1.58. The molecule has 1 atom stereocenters. The van der Waals surface area contributed by atoms with Crippen molar-refractivity contribution in [2.75, 3.05) is 20.3 Å². The van der Waals surface area contributed by atoms with Crippen molar-refractivity contribution in [1.82, 2.24) is 0 Å². The number of rotatable bonds is 3. The molecule has 2 rings (SSSR count). The molecule has 1 aliphatic rings. The summed E-state index contributed by atoms with van der Waals surface area (Å²) in [6.07, 6.45) is -3.07. The molecule has 3 nitrogen and oxygen atoms in total. The largest absolute Gasteiger partial charge is 0.416 e. The molecule has 1 saturated heterocycles. The van der Waals surface area contributed by atoms with E-state index in [9.17, 15) is 13.2 Å². The highest BCUT2D eigenvalue weighted by Crippen LogP contribution is 2.37. The summed E-state index contributed by atoms with van der Waals surface area (Å²) in [6, 6.07) is 4.47. The maximum Gasteiger partial charge on any atom is 0.416 e. The second-order valence-corrected chi connectivity index (χ2v) is 4.98. The van der Waals surface area contributed by atoms with Crippen LogP contribution < -0.4 is 5.73 Å². The van der Waals surface area contributed by atoms with Crippen LogP contribution in [0.15, 0.2) is 24.3 Å². The summed E-state index contributed by atoms with van der Waals surface area (Å²) >= 11 is 0. The molecule has 0 spiro atoms. The fourth-order valence-corrected chi connectivity index (χ4v) is 2.54. The Balaban J connectivity index is 2.21. The predicted octanol–water partition coefficient (Wildman–Crippen LogP) is 2.90. The molecule has 6 heteroatoms. The summed E-state index contributed by atoms with van der Waals surface area (Å²) in [5, 5.41) is 0. The minimum Gasteiger partial charge on any atom is -0.381 e. The first-order chi connectivity index (χ1) is 9.39. The Morgan fingerprint density at radius 1 is 1.20 bits per heavy atom. The molecule has 0 aromatic heterocycles. The Hall–Kier alpha value is -1.11. The van der Waals surface area contributed by atoms with Gasteiger partial charge in [-0.15, -0.1) is 0 Å². The van der Waals surface area contributed by atoms with Gasteiger partial charge in [-0.25, -0.2) is 0 Å². The van der Waals surface area contributed by atoms with Gasteiger partial charge in [0, 0.05) is 33.2 Å². The molecule has 1 aromatic carbocycles. The Bertz CT molecular complexity index is 439. The monoisotopic (exact) mass is 289 g/mol. The fourth-order valence-electron chi connectivity index (χ4n) is 2.54. The molecule has 1 unspecified atom stereocenters. The van der Waals surface area contributed by atoms with Crippen LogP contribution >= 0.6 is 0 Å². The summed E-state index contributed by atoms with van der Waals surface area (Å²) < 4.78 is 48.5. The van der Waals surface area contributed by atoms with Crippen LogP contribution in [0.1, 0.15) is 30.0 Å². The predicted molar refractivity (Wildman–Crippen MR) is 68.2 cm³/mol. The van der Waals surface area contributed by atoms with Gasteiger partial charge in [0.05, 0.1) is 17.2 Å². The zero-order chi connectivity index (χ0) is 14.8. The molecule has 1 fully saturated rings. The highest BCUT2D eigenvalue weighted by molar-refractivity contribution is 5.28. The van der Waals surface area contributed by atoms with E-state index in [1.165, 1.54) is 12.1 Å². The van der Waals surface area contributed by atoms with Crippen molar-refractivity contribution in [2.45, 2.75) is 30.7 Å². The quantitative estimate of drug-likeness (QED) is 0.930. The van der Waals surface area contributed by atoms with Crippen LogP contribution in [-0.4, -0.2) is 25.9 Å². The SMILES string of the molecule is COC1(C(N)c2ccc(C(F)(F)F)cc2)CCOCC1. The first kappa shape index (κ1) is 15.3. The van der Waals surface area contributed by atoms with E-state index < -0.39 is 23.4 Å². The van der Waals surface area contributed by atoms with Gasteiger partial charge in [-0.1, -0.05) is 12.1 Å². The molecule has 0 bridgehead atoms. The maximum absolute atomic E-state index is 12.5. The Labute approximate surface area is 115 Å². The third-order valence-electron chi connectivity index (χ3n) is 3.91. The number of hydrogen-bond donors (Lipinski definition) is 1. The van der Waals surface area contributed by atoms with E-state index in [-0.39, 0.29) is 0 Å². The molecule has 0 aliphatic carbocycles. The van der Waals surface area contributed by atoms with Crippen LogP contribution in [0.5, 0.6) is 0 Å². The first-order valence-corrected chi connectivity index (χ1v) is 6.45. The molecule has 1 aliphatic heterocycles. The minimum atomic E-state index is -4.33. The van der Waals surface area contributed by atoms with E-state index in [1.807, 2.05) is 0 Å². The number of benzene rings is 1. The molecule has 0 saturated carbocycles. The van der Waals surface area contributed by atoms with Gasteiger partial charge >= 0.3 is 6.18 Å². The highest BCUT2D eigenvalue weighted by Gasteiger charge is 2.39. The average Bonchev–Trinajstić information content (AvgIpc) is 2.46. The van der Waals surface area contributed by atoms with Gasteiger partial charge in [-0.3, -0.25) is 0 Å². The van der Waals surface area contributed by atoms with Gasteiger partial charge in [0.25, 0.3) is 0 Å². The van der Waals surface area contributed by atoms with Crippen LogP contribution in [0.25, 0.3) is 0 Å². The average molecular weight is 289 g/mol. The minimum absolute atomic E-state index is 0.473. The van der Waals surface area contributed by atoms with Crippen molar-refractivity contribution < 1.29 is 22.6 Å². The van der Waals surface area contributed by atoms with Gasteiger partial charge in [-0.05, 0) is 17.7 Å². The van der Waals surface area contributed by atoms with Crippen molar-refractivity contribution in [3.8, 4) is 0 Å². The van der Waals surface area contributed by atoms with E-state index in [0.717, 1.165) is 12.1 Å². The number of alkyl halides is 3. The molecule has 0 radical (unpaired) electrons. The Morgan fingerprint density at radius 2 is 1.75 bits per heavy atom. The van der Waals surface area contributed by atoms with Gasteiger partial charge in [0.1, 0.15) is 0 Å². The van der Waals surface area contributed by atoms with Crippen LogP contribution in [0.4, 0.5) is 13.2 Å². The molecular weight excluding hydrogens is 271 g/mol. The molecular formula is C14H18F3NO2. The number of hydrogen-bond acceptors (Lipinski definition) is 3. The lowest BCUT2D eigenvalue weighted by Crippen LogP contribution is -2.47. The number of halogens is 3. The normalized spacial score (nSPS) is 20.6. The third-order valence-corrected chi connectivity index (χ3v) is 3.91. The molecule has 2 N–H and O–H groups in total. The van der Waals surface area contributed by atoms with Gasteiger partial charge in [0.2, 0.25) is 0 Å². The second-order valence-electron chi connectivity index (χ2n) is 4.98. The van der Waals surface area contributed by atoms with Gasteiger partial charge < -0.3 is 15.2 Å². The number of ether oxygens (including phenoxy) is 2. The maximum atomic E-state index is 12.5. The molecule has 0 amide bonds. The molecule has 1 aromatic rings. The topological polar surface area (TPSA) is 44.5 Å². The highest BCUT2D eigenvalue weighted by atomic mass is 19.4. The van der Waals surface area contributed by atoms with Crippen molar-refractivity contribution in [2.24, 2.45) is 5.73 Å². The van der Waals surface area contributed by atoms with E-state index in [0.29, 0.717) is 31.6 Å². The number of methoxy groups -OCH3 is 1. The summed E-state index contributed by atoms with van der Waals surface area (Å²) in [5.74, 6) is 0. The van der Waals surface area contributed by atoms with Crippen molar-refractivity contribution in [3.05, 3.63) is 35.4 Å². The third kappa shape index (κ3) is 2.97. The van der Waals surface area contributed by atoms with Crippen LogP contribution in [-0.2, 0) is 15.7 Å². The standard InChI is InChI=1S/C14H18F3NO2/c1-19-13(6-8-20-9-7-13)12(18)10-2-4-11(5-3-10)14(15,16)17/h2-5,12H,6-9,18H2,1H3. The van der Waals surface area contributed by atoms with Crippen molar-refractivity contribution >= 4 is 0 Å². The lowest BCUT2D eigenvalue weighted by molar-refractivity contribution is -0.137. The molecule has 112 valence electrons. The van der Waals surface area contributed by atoms with E-state index in [1.54, 1.807) is 7.11 Å². The van der Waals surface area contributed by atoms with E-state index >= 15 is 0 Å². The molecule has 20 heavy (non-hydrogen) atoms. The fraction of sp³-hybridized carbons (Fsp3) is 0.571. The van der Waals surface area contributed by atoms with E-state index in [2.05, 4.69) is 0 Å². The van der Waals surface area contributed by atoms with Crippen molar-refractivity contribution in [3.63, 3.8) is 0 Å². The van der Waals surface area contributed by atoms with Crippen LogP contribution in [0, 0.1) is 0 Å². The van der Waals surface area contributed by atoms with Crippen LogP contribution in [0.3, 0.4) is 0 Å². The van der Waals surface area contributed by atoms with Crippen LogP contribution in [0.2, 0.25) is 0 Å². The summed E-state index contributed by atoms with van der Waals surface area (Å²) in [5.41, 5.74) is 5.61. The smallest absolute Gasteiger partial charge is 0.381 e. The second kappa shape index (κ2) is 5.71. The Morgan fingerprint density at radius 3 is 2.20 bits per heavy atom. The zero-order valence-corrected chi connectivity index (χ0v) is 11.2. The van der Waals surface area contributed by atoms with Gasteiger partial charge in [-0.2, -0.15) is 13.2 Å². The lowest BCUT2D eigenvalue weighted by Gasteiger charge is -2.40. The molecule has 1 heterocycles. The van der Waals surface area contributed by atoms with Crippen molar-refractivity contribution in [1.29, 1.82) is 0 Å². The summed E-state index contributed by atoms with van der Waals surface area (Å²) in [6.45, 7) is 1.09. The first-order valence-electron chi connectivity index (χ1n) is 6.45. The zero-order valence-electron chi connectivity index (χ0n) is 11.2. The van der Waals surface area contributed by atoms with Gasteiger partial charge in [0.15, 0.2) is 0 Å².